The van der Waals surface area contributed by atoms with E-state index >= 15 is 0 Å². The van der Waals surface area contributed by atoms with E-state index in [4.69, 9.17) is 23.2 Å². The van der Waals surface area contributed by atoms with Crippen molar-refractivity contribution in [3.05, 3.63) is 74.8 Å². The van der Waals surface area contributed by atoms with Gasteiger partial charge in [-0.3, -0.25) is 14.2 Å². The molecule has 134 valence electrons. The summed E-state index contributed by atoms with van der Waals surface area (Å²) >= 11 is 12.1. The second kappa shape index (κ2) is 7.89. The smallest absolute Gasteiger partial charge is 0.261 e. The molecular weight excluding hydrogens is 373 g/mol. The quantitative estimate of drug-likeness (QED) is 0.667. The molecule has 0 fully saturated rings. The van der Waals surface area contributed by atoms with Crippen LogP contribution in [0.25, 0.3) is 10.9 Å². The number of fused-ring (bicyclic) bond motifs is 1. The average Bonchev–Trinajstić information content (AvgIpc) is 2.63. The fraction of sp³-hybridized carbons (Fsp3) is 0.211. The Kier molecular flexibility index (Phi) is 5.59. The molecule has 1 aromatic heterocycles. The highest BCUT2D eigenvalue weighted by Crippen LogP contribution is 2.23. The minimum absolute atomic E-state index is 0.0907. The van der Waals surface area contributed by atoms with Gasteiger partial charge < -0.3 is 4.90 Å². The second-order valence-electron chi connectivity index (χ2n) is 5.85. The summed E-state index contributed by atoms with van der Waals surface area (Å²) in [5.41, 5.74) is 1.06. The van der Waals surface area contributed by atoms with Crippen LogP contribution in [-0.4, -0.2) is 26.9 Å². The largest absolute Gasteiger partial charge is 0.337 e. The Morgan fingerprint density at radius 2 is 1.92 bits per heavy atom. The molecule has 0 atom stereocenters. The maximum Gasteiger partial charge on any atom is 0.261 e. The summed E-state index contributed by atoms with van der Waals surface area (Å²) in [6, 6.07) is 12.8. The Hall–Kier alpha value is -2.37. The van der Waals surface area contributed by atoms with Crippen molar-refractivity contribution in [3.63, 3.8) is 0 Å². The summed E-state index contributed by atoms with van der Waals surface area (Å²) in [5, 5.41) is 0.955. The number of halogens is 2. The lowest BCUT2D eigenvalue weighted by Crippen LogP contribution is -2.36. The van der Waals surface area contributed by atoms with Gasteiger partial charge in [-0.25, -0.2) is 4.98 Å². The molecule has 26 heavy (non-hydrogen) atoms. The molecule has 1 amide bonds. The molecule has 2 aromatic carbocycles. The van der Waals surface area contributed by atoms with Crippen LogP contribution in [0.3, 0.4) is 0 Å². The van der Waals surface area contributed by atoms with Crippen molar-refractivity contribution in [3.8, 4) is 0 Å². The number of carbonyl (C=O) groups is 1. The minimum Gasteiger partial charge on any atom is -0.337 e. The van der Waals surface area contributed by atoms with Crippen molar-refractivity contribution in [2.75, 3.05) is 6.54 Å². The molecule has 0 spiro atoms. The number of rotatable bonds is 5. The summed E-state index contributed by atoms with van der Waals surface area (Å²) in [4.78, 5) is 31.2. The van der Waals surface area contributed by atoms with Crippen molar-refractivity contribution >= 4 is 40.0 Å². The molecule has 0 saturated carbocycles. The van der Waals surface area contributed by atoms with E-state index in [9.17, 15) is 9.59 Å². The molecule has 0 aliphatic rings. The third-order valence-corrected chi connectivity index (χ3v) is 4.61. The zero-order valence-corrected chi connectivity index (χ0v) is 15.7. The van der Waals surface area contributed by atoms with Crippen LogP contribution >= 0.6 is 23.2 Å². The predicted octanol–water partition coefficient (Wildman–Crippen LogP) is 3.75. The van der Waals surface area contributed by atoms with Crippen molar-refractivity contribution in [2.24, 2.45) is 0 Å². The first-order valence-corrected chi connectivity index (χ1v) is 8.91. The first-order chi connectivity index (χ1) is 12.5. The lowest BCUT2D eigenvalue weighted by atomic mass is 10.2. The van der Waals surface area contributed by atoms with Crippen molar-refractivity contribution in [2.45, 2.75) is 20.0 Å². The first-order valence-electron chi connectivity index (χ1n) is 8.15. The Balaban J connectivity index is 1.86. The zero-order chi connectivity index (χ0) is 18.7. The number of benzene rings is 2. The van der Waals surface area contributed by atoms with Gasteiger partial charge >= 0.3 is 0 Å². The maximum absolute atomic E-state index is 12.7. The van der Waals surface area contributed by atoms with E-state index in [1.807, 2.05) is 37.3 Å². The Morgan fingerprint density at radius 1 is 1.19 bits per heavy atom. The summed E-state index contributed by atoms with van der Waals surface area (Å²) < 4.78 is 1.28. The van der Waals surface area contributed by atoms with Gasteiger partial charge in [0, 0.05) is 18.1 Å². The fourth-order valence-corrected chi connectivity index (χ4v) is 3.28. The first kappa shape index (κ1) is 18.4. The van der Waals surface area contributed by atoms with Crippen LogP contribution in [0.5, 0.6) is 0 Å². The molecule has 0 bridgehead atoms. The molecule has 1 heterocycles. The third-order valence-electron chi connectivity index (χ3n) is 4.10. The van der Waals surface area contributed by atoms with Gasteiger partial charge in [0.25, 0.3) is 5.56 Å². The molecule has 0 aliphatic carbocycles. The molecule has 3 aromatic rings. The van der Waals surface area contributed by atoms with Crippen LogP contribution in [0.4, 0.5) is 0 Å². The van der Waals surface area contributed by atoms with Crippen molar-refractivity contribution in [1.29, 1.82) is 0 Å². The lowest BCUT2D eigenvalue weighted by molar-refractivity contribution is -0.132. The van der Waals surface area contributed by atoms with E-state index < -0.39 is 0 Å². The highest BCUT2D eigenvalue weighted by Gasteiger charge is 2.15. The topological polar surface area (TPSA) is 55.2 Å². The van der Waals surface area contributed by atoms with Crippen LogP contribution in [0.15, 0.2) is 53.6 Å². The van der Waals surface area contributed by atoms with Gasteiger partial charge in [0.2, 0.25) is 5.91 Å². The van der Waals surface area contributed by atoms with E-state index in [0.717, 1.165) is 5.56 Å². The van der Waals surface area contributed by atoms with Gasteiger partial charge in [-0.2, -0.15) is 0 Å². The molecular formula is C19H17Cl2N3O2. The van der Waals surface area contributed by atoms with Gasteiger partial charge in [-0.15, -0.1) is 0 Å². The van der Waals surface area contributed by atoms with Gasteiger partial charge in [-0.05, 0) is 24.6 Å². The number of likely N-dealkylation sites (N-methyl/N-ethyl adjacent to an activating group) is 1. The summed E-state index contributed by atoms with van der Waals surface area (Å²) in [7, 11) is 0. The molecule has 0 unspecified atom stereocenters. The molecule has 5 nitrogen and oxygen atoms in total. The van der Waals surface area contributed by atoms with E-state index in [2.05, 4.69) is 4.98 Å². The number of nitrogens with zero attached hydrogens (tertiary/aromatic N) is 3. The summed E-state index contributed by atoms with van der Waals surface area (Å²) in [5.74, 6) is -0.160. The molecule has 0 saturated heterocycles. The van der Waals surface area contributed by atoms with Crippen LogP contribution < -0.4 is 5.56 Å². The molecule has 0 aliphatic heterocycles. The second-order valence-corrected chi connectivity index (χ2v) is 6.70. The molecule has 3 rings (SSSR count). The maximum atomic E-state index is 12.7. The van der Waals surface area contributed by atoms with E-state index in [0.29, 0.717) is 34.0 Å². The van der Waals surface area contributed by atoms with E-state index in [1.165, 1.54) is 23.0 Å². The number of carbonyl (C=O) groups excluding carboxylic acids is 1. The molecule has 0 N–H and O–H groups in total. The normalized spacial score (nSPS) is 10.9. The molecule has 0 radical (unpaired) electrons. The van der Waals surface area contributed by atoms with Crippen LogP contribution in [0, 0.1) is 0 Å². The van der Waals surface area contributed by atoms with Crippen LogP contribution in [0.2, 0.25) is 10.0 Å². The van der Waals surface area contributed by atoms with Crippen LogP contribution in [0.1, 0.15) is 12.5 Å². The zero-order valence-electron chi connectivity index (χ0n) is 14.2. The van der Waals surface area contributed by atoms with Gasteiger partial charge in [0.15, 0.2) is 0 Å². The van der Waals surface area contributed by atoms with Gasteiger partial charge in [-0.1, -0.05) is 53.5 Å². The minimum atomic E-state index is -0.344. The molecule has 7 heteroatoms. The van der Waals surface area contributed by atoms with Crippen LogP contribution in [-0.2, 0) is 17.9 Å². The Labute approximate surface area is 160 Å². The fourth-order valence-electron chi connectivity index (χ4n) is 2.73. The predicted molar refractivity (Wildman–Crippen MR) is 104 cm³/mol. The van der Waals surface area contributed by atoms with Crippen molar-refractivity contribution in [1.82, 2.24) is 14.5 Å². The number of amides is 1. The highest BCUT2D eigenvalue weighted by atomic mass is 35.5. The monoisotopic (exact) mass is 389 g/mol. The van der Waals surface area contributed by atoms with E-state index in [-0.39, 0.29) is 18.0 Å². The summed E-state index contributed by atoms with van der Waals surface area (Å²) in [6.07, 6.45) is 1.35. The number of hydrogen-bond donors (Lipinski definition) is 0. The van der Waals surface area contributed by atoms with Gasteiger partial charge in [0.1, 0.15) is 6.54 Å². The average molecular weight is 390 g/mol. The standard InChI is InChI=1S/C19H17Cl2N3O2/c1-2-23(10-13-6-4-3-5-7-13)17(25)11-24-12-22-18-15(19(24)26)8-14(20)9-16(18)21/h3-9,12H,2,10-11H2,1H3. The van der Waals surface area contributed by atoms with Gasteiger partial charge in [0.05, 0.1) is 22.3 Å². The van der Waals surface area contributed by atoms with E-state index in [1.54, 1.807) is 4.90 Å². The number of hydrogen-bond acceptors (Lipinski definition) is 3. The third kappa shape index (κ3) is 3.89. The number of aromatic nitrogens is 2. The SMILES string of the molecule is CCN(Cc1ccccc1)C(=O)Cn1cnc2c(Cl)cc(Cl)cc2c1=O. The lowest BCUT2D eigenvalue weighted by Gasteiger charge is -2.21. The highest BCUT2D eigenvalue weighted by molar-refractivity contribution is 6.38. The summed E-state index contributed by atoms with van der Waals surface area (Å²) in [6.45, 7) is 2.85. The Bertz CT molecular complexity index is 1000. The van der Waals surface area contributed by atoms with Crippen molar-refractivity contribution < 1.29 is 4.79 Å². The Morgan fingerprint density at radius 3 is 2.62 bits per heavy atom.